The normalized spacial score (nSPS) is 12.6. The molecule has 0 saturated heterocycles. The summed E-state index contributed by atoms with van der Waals surface area (Å²) in [6.45, 7) is -0.793. The maximum atomic E-state index is 13.1. The van der Waals surface area contributed by atoms with Crippen LogP contribution in [0.25, 0.3) is 0 Å². The number of ether oxygens (including phenoxy) is 2. The Morgan fingerprint density at radius 1 is 1.08 bits per heavy atom. The third kappa shape index (κ3) is 3.63. The zero-order valence-electron chi connectivity index (χ0n) is 12.7. The summed E-state index contributed by atoms with van der Waals surface area (Å²) in [5, 5.41) is 2.57. The number of fused-ring (bicyclic) bond motifs is 1. The van der Waals surface area contributed by atoms with Gasteiger partial charge in [0.25, 0.3) is 5.91 Å². The van der Waals surface area contributed by atoms with E-state index in [9.17, 15) is 23.2 Å². The summed E-state index contributed by atoms with van der Waals surface area (Å²) in [5.41, 5.74) is 0.432. The Morgan fingerprint density at radius 2 is 1.84 bits per heavy atom. The lowest BCUT2D eigenvalue weighted by Crippen LogP contribution is -2.25. The number of carbonyl (C=O) groups is 3. The van der Waals surface area contributed by atoms with Gasteiger partial charge in [-0.05, 0) is 36.4 Å². The highest BCUT2D eigenvalue weighted by Crippen LogP contribution is 2.28. The first-order valence-electron chi connectivity index (χ1n) is 7.16. The summed E-state index contributed by atoms with van der Waals surface area (Å²) in [5.74, 6) is -3.70. The minimum atomic E-state index is -1.16. The molecule has 2 aromatic carbocycles. The van der Waals surface area contributed by atoms with Crippen molar-refractivity contribution in [3.05, 3.63) is 59.2 Å². The molecule has 0 saturated carbocycles. The lowest BCUT2D eigenvalue weighted by molar-refractivity contribution is -0.118. The topological polar surface area (TPSA) is 81.7 Å². The molecule has 1 amide bonds. The van der Waals surface area contributed by atoms with Crippen LogP contribution in [0.5, 0.6) is 5.75 Å². The summed E-state index contributed by atoms with van der Waals surface area (Å²) >= 11 is 0. The molecule has 0 atom stereocenters. The molecule has 0 unspecified atom stereocenters. The van der Waals surface area contributed by atoms with E-state index < -0.39 is 30.0 Å². The highest BCUT2D eigenvalue weighted by atomic mass is 19.2. The molecule has 1 aliphatic rings. The van der Waals surface area contributed by atoms with Gasteiger partial charge < -0.3 is 14.8 Å². The van der Waals surface area contributed by atoms with Gasteiger partial charge in [0.05, 0.1) is 11.3 Å². The van der Waals surface area contributed by atoms with Crippen LogP contribution in [0.3, 0.4) is 0 Å². The molecule has 0 spiro atoms. The van der Waals surface area contributed by atoms with E-state index in [4.69, 9.17) is 9.47 Å². The van der Waals surface area contributed by atoms with Gasteiger partial charge in [-0.3, -0.25) is 9.59 Å². The molecule has 1 heterocycles. The average molecular weight is 347 g/mol. The fraction of sp³-hybridized carbons (Fsp3) is 0.118. The maximum Gasteiger partial charge on any atom is 0.338 e. The summed E-state index contributed by atoms with van der Waals surface area (Å²) in [6.07, 6.45) is 0. The maximum absolute atomic E-state index is 13.1. The third-order valence-corrected chi connectivity index (χ3v) is 3.43. The Kier molecular flexibility index (Phi) is 4.42. The number of carbonyl (C=O) groups excluding carboxylic acids is 3. The number of nitrogens with one attached hydrogen (secondary N) is 1. The first kappa shape index (κ1) is 16.6. The lowest BCUT2D eigenvalue weighted by Gasteiger charge is -2.18. The summed E-state index contributed by atoms with van der Waals surface area (Å²) in [6, 6.07) is 6.90. The van der Waals surface area contributed by atoms with Gasteiger partial charge in [-0.2, -0.15) is 0 Å². The Hall–Kier alpha value is -3.29. The lowest BCUT2D eigenvalue weighted by atomic mass is 10.1. The minimum absolute atomic E-state index is 0.108. The molecule has 0 fully saturated rings. The van der Waals surface area contributed by atoms with Gasteiger partial charge >= 0.3 is 5.97 Å². The highest BCUT2D eigenvalue weighted by Gasteiger charge is 2.19. The van der Waals surface area contributed by atoms with E-state index in [0.29, 0.717) is 11.4 Å². The first-order valence-corrected chi connectivity index (χ1v) is 7.16. The molecule has 0 aromatic heterocycles. The number of halogens is 2. The van der Waals surface area contributed by atoms with E-state index in [0.717, 1.165) is 18.2 Å². The summed E-state index contributed by atoms with van der Waals surface area (Å²) in [4.78, 5) is 35.1. The van der Waals surface area contributed by atoms with E-state index in [2.05, 4.69) is 5.32 Å². The third-order valence-electron chi connectivity index (χ3n) is 3.43. The van der Waals surface area contributed by atoms with Gasteiger partial charge in [-0.1, -0.05) is 0 Å². The van der Waals surface area contributed by atoms with Crippen molar-refractivity contribution in [3.8, 4) is 5.75 Å². The van der Waals surface area contributed by atoms with Crippen LogP contribution in [0.1, 0.15) is 20.7 Å². The Bertz CT molecular complexity index is 881. The minimum Gasteiger partial charge on any atom is -0.482 e. The molecule has 1 aliphatic heterocycles. The van der Waals surface area contributed by atoms with Crippen LogP contribution >= 0.6 is 0 Å². The highest BCUT2D eigenvalue weighted by molar-refractivity contribution is 6.00. The SMILES string of the molecule is O=C1COc2cc(C(=O)OCC(=O)c3ccc(F)c(F)c3)ccc2N1. The van der Waals surface area contributed by atoms with Gasteiger partial charge in [0.2, 0.25) is 0 Å². The molecule has 6 nitrogen and oxygen atoms in total. The largest absolute Gasteiger partial charge is 0.482 e. The molecule has 128 valence electrons. The first-order chi connectivity index (χ1) is 11.9. The Labute approximate surface area is 140 Å². The van der Waals surface area contributed by atoms with E-state index in [-0.39, 0.29) is 23.6 Å². The zero-order valence-corrected chi connectivity index (χ0v) is 12.7. The molecular weight excluding hydrogens is 336 g/mol. The number of hydrogen-bond donors (Lipinski definition) is 1. The van der Waals surface area contributed by atoms with Crippen LogP contribution in [0.2, 0.25) is 0 Å². The van der Waals surface area contributed by atoms with Crippen molar-refractivity contribution in [2.75, 3.05) is 18.5 Å². The standard InChI is InChI=1S/C17H11F2NO5/c18-11-3-1-9(5-12(11)19)14(21)7-25-17(23)10-2-4-13-15(6-10)24-8-16(22)20-13/h1-6H,7-8H2,(H,20,22). The monoisotopic (exact) mass is 347 g/mol. The molecule has 0 radical (unpaired) electrons. The van der Waals surface area contributed by atoms with Gasteiger partial charge in [-0.15, -0.1) is 0 Å². The van der Waals surface area contributed by atoms with Crippen molar-refractivity contribution in [3.63, 3.8) is 0 Å². The van der Waals surface area contributed by atoms with Crippen LogP contribution in [0.4, 0.5) is 14.5 Å². The molecule has 2 aromatic rings. The Balaban J connectivity index is 1.65. The van der Waals surface area contributed by atoms with E-state index in [1.807, 2.05) is 0 Å². The summed E-state index contributed by atoms with van der Waals surface area (Å²) < 4.78 is 36.0. The molecular formula is C17H11F2NO5. The van der Waals surface area contributed by atoms with Crippen LogP contribution in [-0.2, 0) is 9.53 Å². The van der Waals surface area contributed by atoms with Gasteiger partial charge in [0.1, 0.15) is 5.75 Å². The second-order valence-electron chi connectivity index (χ2n) is 5.18. The van der Waals surface area contributed by atoms with Crippen LogP contribution in [-0.4, -0.2) is 30.9 Å². The van der Waals surface area contributed by atoms with E-state index in [1.54, 1.807) is 0 Å². The quantitative estimate of drug-likeness (QED) is 0.678. The van der Waals surface area contributed by atoms with Gasteiger partial charge in [-0.25, -0.2) is 13.6 Å². The predicted octanol–water partition coefficient (Wildman–Crippen LogP) is 2.34. The van der Waals surface area contributed by atoms with E-state index in [1.165, 1.54) is 18.2 Å². The number of rotatable bonds is 4. The van der Waals surface area contributed by atoms with Gasteiger partial charge in [0.15, 0.2) is 30.6 Å². The van der Waals surface area contributed by atoms with Crippen molar-refractivity contribution in [1.29, 1.82) is 0 Å². The number of anilines is 1. The van der Waals surface area contributed by atoms with E-state index >= 15 is 0 Å². The number of benzene rings is 2. The van der Waals surface area contributed by atoms with Crippen molar-refractivity contribution >= 4 is 23.3 Å². The molecule has 25 heavy (non-hydrogen) atoms. The van der Waals surface area contributed by atoms with Crippen LogP contribution < -0.4 is 10.1 Å². The second-order valence-corrected chi connectivity index (χ2v) is 5.18. The smallest absolute Gasteiger partial charge is 0.338 e. The Morgan fingerprint density at radius 3 is 2.60 bits per heavy atom. The van der Waals surface area contributed by atoms with Crippen molar-refractivity contribution in [2.24, 2.45) is 0 Å². The number of esters is 1. The zero-order chi connectivity index (χ0) is 18.0. The average Bonchev–Trinajstić information content (AvgIpc) is 2.61. The van der Waals surface area contributed by atoms with Crippen molar-refractivity contribution in [2.45, 2.75) is 0 Å². The molecule has 8 heteroatoms. The van der Waals surface area contributed by atoms with Gasteiger partial charge in [0, 0.05) is 5.56 Å². The van der Waals surface area contributed by atoms with Crippen molar-refractivity contribution in [1.82, 2.24) is 0 Å². The van der Waals surface area contributed by atoms with Crippen molar-refractivity contribution < 1.29 is 32.6 Å². The van der Waals surface area contributed by atoms with Crippen LogP contribution in [0, 0.1) is 11.6 Å². The molecule has 3 rings (SSSR count). The fourth-order valence-electron chi connectivity index (χ4n) is 2.17. The number of Topliss-reactive ketones (excluding diaryl/α,β-unsaturated/α-hetero) is 1. The van der Waals surface area contributed by atoms with Crippen LogP contribution in [0.15, 0.2) is 36.4 Å². The number of amides is 1. The predicted molar refractivity (Wildman–Crippen MR) is 81.5 cm³/mol. The molecule has 0 bridgehead atoms. The summed E-state index contributed by atoms with van der Waals surface area (Å²) in [7, 11) is 0. The fourth-order valence-corrected chi connectivity index (χ4v) is 2.17. The molecule has 0 aliphatic carbocycles. The number of hydrogen-bond acceptors (Lipinski definition) is 5. The second kappa shape index (κ2) is 6.68. The number of ketones is 1. The molecule has 1 N–H and O–H groups in total.